The van der Waals surface area contributed by atoms with E-state index in [0.29, 0.717) is 12.8 Å². The van der Waals surface area contributed by atoms with Crippen molar-refractivity contribution in [2.45, 2.75) is 69.0 Å². The summed E-state index contributed by atoms with van der Waals surface area (Å²) in [6, 6.07) is 0. The summed E-state index contributed by atoms with van der Waals surface area (Å²) in [5.41, 5.74) is 0. The highest BCUT2D eigenvalue weighted by Crippen LogP contribution is 2.19. The smallest absolute Gasteiger partial charge is 0.305 e. The Labute approximate surface area is 115 Å². The van der Waals surface area contributed by atoms with Crippen LogP contribution in [0.2, 0.25) is 0 Å². The molecule has 0 aromatic carbocycles. The average molecular weight is 283 g/mol. The summed E-state index contributed by atoms with van der Waals surface area (Å²) in [6.45, 7) is 2.19. The zero-order valence-electron chi connectivity index (χ0n) is 10.9. The van der Waals surface area contributed by atoms with Gasteiger partial charge in [0.15, 0.2) is 0 Å². The Morgan fingerprint density at radius 3 is 2.18 bits per heavy atom. The fraction of sp³-hybridized carbons (Fsp3) is 0.923. The molecule has 102 valence electrons. The van der Waals surface area contributed by atoms with Gasteiger partial charge in [-0.15, -0.1) is 23.2 Å². The van der Waals surface area contributed by atoms with Gasteiger partial charge in [0.25, 0.3) is 0 Å². The predicted molar refractivity (Wildman–Crippen MR) is 73.9 cm³/mol. The molecule has 0 spiro atoms. The van der Waals surface area contributed by atoms with Crippen molar-refractivity contribution in [1.82, 2.24) is 0 Å². The molecule has 4 heteroatoms. The molecule has 0 aliphatic heterocycles. The third kappa shape index (κ3) is 10.9. The highest BCUT2D eigenvalue weighted by molar-refractivity contribution is 6.21. The topological polar surface area (TPSA) is 26.3 Å². The number of carbonyl (C=O) groups is 1. The molecule has 0 N–H and O–H groups in total. The standard InChI is InChI=1S/C13H24Cl2O2/c1-3-4-5-6-11(14)7-8-12(15)9-10-13(16)17-2/h11-12H,3-10H2,1-2H3. The monoisotopic (exact) mass is 282 g/mol. The van der Waals surface area contributed by atoms with Crippen LogP contribution in [0.25, 0.3) is 0 Å². The molecule has 0 saturated carbocycles. The molecule has 0 rings (SSSR count). The summed E-state index contributed by atoms with van der Waals surface area (Å²) in [7, 11) is 1.40. The van der Waals surface area contributed by atoms with Crippen LogP contribution in [0.15, 0.2) is 0 Å². The van der Waals surface area contributed by atoms with E-state index < -0.39 is 0 Å². The summed E-state index contributed by atoms with van der Waals surface area (Å²) in [5, 5.41) is 0.252. The third-order valence-corrected chi connectivity index (χ3v) is 3.68. The SMILES string of the molecule is CCCCCC(Cl)CCC(Cl)CCC(=O)OC. The summed E-state index contributed by atoms with van der Waals surface area (Å²) in [6.07, 6.45) is 7.60. The third-order valence-electron chi connectivity index (χ3n) is 2.80. The quantitative estimate of drug-likeness (QED) is 0.335. The second-order valence-corrected chi connectivity index (χ2v) is 5.62. The number of hydrogen-bond acceptors (Lipinski definition) is 2. The van der Waals surface area contributed by atoms with Crippen molar-refractivity contribution >= 4 is 29.2 Å². The number of rotatable bonds is 10. The fourth-order valence-corrected chi connectivity index (χ4v) is 2.16. The maximum atomic E-state index is 10.9. The number of alkyl halides is 2. The lowest BCUT2D eigenvalue weighted by Gasteiger charge is -2.12. The second kappa shape index (κ2) is 11.2. The molecule has 0 aliphatic carbocycles. The van der Waals surface area contributed by atoms with E-state index in [1.165, 1.54) is 26.4 Å². The first kappa shape index (κ1) is 17.1. The van der Waals surface area contributed by atoms with Gasteiger partial charge in [0, 0.05) is 17.2 Å². The van der Waals surface area contributed by atoms with Gasteiger partial charge in [0.2, 0.25) is 0 Å². The normalized spacial score (nSPS) is 14.4. The average Bonchev–Trinajstić information content (AvgIpc) is 2.33. The highest BCUT2D eigenvalue weighted by atomic mass is 35.5. The van der Waals surface area contributed by atoms with Crippen LogP contribution in [0.3, 0.4) is 0 Å². The van der Waals surface area contributed by atoms with Gasteiger partial charge < -0.3 is 4.74 Å². The van der Waals surface area contributed by atoms with Crippen molar-refractivity contribution in [1.29, 1.82) is 0 Å². The van der Waals surface area contributed by atoms with E-state index in [1.807, 2.05) is 0 Å². The van der Waals surface area contributed by atoms with Crippen molar-refractivity contribution < 1.29 is 9.53 Å². The molecule has 2 nitrogen and oxygen atoms in total. The molecule has 0 saturated heterocycles. The van der Waals surface area contributed by atoms with Crippen molar-refractivity contribution in [3.63, 3.8) is 0 Å². The van der Waals surface area contributed by atoms with Crippen molar-refractivity contribution in [2.24, 2.45) is 0 Å². The number of methoxy groups -OCH3 is 1. The number of hydrogen-bond donors (Lipinski definition) is 0. The van der Waals surface area contributed by atoms with Crippen LogP contribution in [0.1, 0.15) is 58.3 Å². The van der Waals surface area contributed by atoms with Crippen LogP contribution in [0, 0.1) is 0 Å². The Kier molecular flexibility index (Phi) is 11.2. The fourth-order valence-electron chi connectivity index (χ4n) is 1.64. The van der Waals surface area contributed by atoms with E-state index in [-0.39, 0.29) is 16.7 Å². The lowest BCUT2D eigenvalue weighted by atomic mass is 10.1. The van der Waals surface area contributed by atoms with Crippen molar-refractivity contribution in [3.8, 4) is 0 Å². The van der Waals surface area contributed by atoms with E-state index in [1.54, 1.807) is 0 Å². The molecule has 2 unspecified atom stereocenters. The van der Waals surface area contributed by atoms with Gasteiger partial charge >= 0.3 is 5.97 Å². The first-order chi connectivity index (χ1) is 8.10. The van der Waals surface area contributed by atoms with Gasteiger partial charge in [0.1, 0.15) is 0 Å². The maximum Gasteiger partial charge on any atom is 0.305 e. The molecule has 0 aromatic heterocycles. The minimum Gasteiger partial charge on any atom is -0.469 e. The van der Waals surface area contributed by atoms with Gasteiger partial charge in [-0.2, -0.15) is 0 Å². The first-order valence-electron chi connectivity index (χ1n) is 6.45. The van der Waals surface area contributed by atoms with E-state index >= 15 is 0 Å². The first-order valence-corrected chi connectivity index (χ1v) is 7.32. The molecule has 2 atom stereocenters. The number of ether oxygens (including phenoxy) is 1. The van der Waals surface area contributed by atoms with E-state index in [0.717, 1.165) is 19.3 Å². The summed E-state index contributed by atoms with van der Waals surface area (Å²) in [5.74, 6) is -0.194. The van der Waals surface area contributed by atoms with Crippen LogP contribution in [-0.4, -0.2) is 23.8 Å². The molecular formula is C13H24Cl2O2. The maximum absolute atomic E-state index is 10.9. The highest BCUT2D eigenvalue weighted by Gasteiger charge is 2.11. The van der Waals surface area contributed by atoms with E-state index in [4.69, 9.17) is 23.2 Å². The number of esters is 1. The van der Waals surface area contributed by atoms with Gasteiger partial charge in [-0.3, -0.25) is 4.79 Å². The molecule has 0 aromatic rings. The molecule has 0 fully saturated rings. The van der Waals surface area contributed by atoms with Gasteiger partial charge in [-0.1, -0.05) is 26.2 Å². The molecule has 17 heavy (non-hydrogen) atoms. The predicted octanol–water partition coefficient (Wildman–Crippen LogP) is 4.51. The minimum absolute atomic E-state index is 0.0292. The Bertz CT molecular complexity index is 198. The molecular weight excluding hydrogens is 259 g/mol. The van der Waals surface area contributed by atoms with Crippen molar-refractivity contribution in [2.75, 3.05) is 7.11 Å². The zero-order chi connectivity index (χ0) is 13.1. The van der Waals surface area contributed by atoms with Crippen molar-refractivity contribution in [3.05, 3.63) is 0 Å². The molecule has 0 heterocycles. The van der Waals surface area contributed by atoms with Gasteiger partial charge in [0.05, 0.1) is 7.11 Å². The molecule has 0 amide bonds. The second-order valence-electron chi connectivity index (χ2n) is 4.38. The minimum atomic E-state index is -0.194. The zero-order valence-corrected chi connectivity index (χ0v) is 12.4. The Morgan fingerprint density at radius 2 is 1.65 bits per heavy atom. The lowest BCUT2D eigenvalue weighted by molar-refractivity contribution is -0.140. The molecule has 0 radical (unpaired) electrons. The summed E-state index contributed by atoms with van der Waals surface area (Å²) < 4.78 is 4.57. The number of unbranched alkanes of at least 4 members (excludes halogenated alkanes) is 2. The van der Waals surface area contributed by atoms with Crippen LogP contribution in [0.5, 0.6) is 0 Å². The van der Waals surface area contributed by atoms with E-state index in [9.17, 15) is 4.79 Å². The lowest BCUT2D eigenvalue weighted by Crippen LogP contribution is -2.08. The van der Waals surface area contributed by atoms with Crippen LogP contribution in [0.4, 0.5) is 0 Å². The van der Waals surface area contributed by atoms with Gasteiger partial charge in [-0.25, -0.2) is 0 Å². The Balaban J connectivity index is 3.48. The van der Waals surface area contributed by atoms with Crippen LogP contribution < -0.4 is 0 Å². The Hall–Kier alpha value is 0.0500. The van der Waals surface area contributed by atoms with Crippen LogP contribution >= 0.6 is 23.2 Å². The molecule has 0 aliphatic rings. The number of carbonyl (C=O) groups excluding carboxylic acids is 1. The Morgan fingerprint density at radius 1 is 1.06 bits per heavy atom. The van der Waals surface area contributed by atoms with E-state index in [2.05, 4.69) is 11.7 Å². The summed E-state index contributed by atoms with van der Waals surface area (Å²) in [4.78, 5) is 10.9. The molecule has 0 bridgehead atoms. The van der Waals surface area contributed by atoms with Crippen LogP contribution in [-0.2, 0) is 9.53 Å². The summed E-state index contributed by atoms with van der Waals surface area (Å²) >= 11 is 12.3. The largest absolute Gasteiger partial charge is 0.469 e. The van der Waals surface area contributed by atoms with Gasteiger partial charge in [-0.05, 0) is 25.7 Å². The number of halogens is 2.